The van der Waals surface area contributed by atoms with Crippen molar-refractivity contribution in [3.8, 4) is 0 Å². The van der Waals surface area contributed by atoms with Gasteiger partial charge in [0, 0.05) is 35.0 Å². The molecule has 27 heavy (non-hydrogen) atoms. The highest BCUT2D eigenvalue weighted by Crippen LogP contribution is 2.16. The Labute approximate surface area is 169 Å². The lowest BCUT2D eigenvalue weighted by Crippen LogP contribution is -2.31. The zero-order valence-corrected chi connectivity index (χ0v) is 17.0. The van der Waals surface area contributed by atoms with Crippen molar-refractivity contribution in [3.05, 3.63) is 106 Å². The highest BCUT2D eigenvalue weighted by molar-refractivity contribution is 9.10. The van der Waals surface area contributed by atoms with Gasteiger partial charge in [-0.25, -0.2) is 0 Å². The van der Waals surface area contributed by atoms with Gasteiger partial charge < -0.3 is 9.47 Å². The number of aryl methyl sites for hydroxylation is 1. The molecule has 0 atom stereocenters. The fourth-order valence-corrected chi connectivity index (χ4v) is 3.33. The van der Waals surface area contributed by atoms with E-state index in [0.29, 0.717) is 18.7 Å². The number of hydrogen-bond donors (Lipinski definition) is 0. The maximum absolute atomic E-state index is 12.9. The molecule has 3 rings (SSSR count). The minimum atomic E-state index is 0.00559. The molecule has 3 aromatic rings. The number of aromatic nitrogens is 1. The first kappa shape index (κ1) is 19.2. The number of carbonyl (C=O) groups is 1. The Balaban J connectivity index is 1.80. The summed E-state index contributed by atoms with van der Waals surface area (Å²) >= 11 is 3.41. The van der Waals surface area contributed by atoms with Crippen LogP contribution in [0.1, 0.15) is 27.2 Å². The summed E-state index contributed by atoms with van der Waals surface area (Å²) in [5, 5.41) is 0. The molecule has 0 bridgehead atoms. The second kappa shape index (κ2) is 8.87. The number of nitrogens with zero attached hydrogens (tertiary/aromatic N) is 2. The molecule has 0 fully saturated rings. The lowest BCUT2D eigenvalue weighted by Gasteiger charge is -2.22. The lowest BCUT2D eigenvalue weighted by atomic mass is 10.1. The molecule has 138 valence electrons. The van der Waals surface area contributed by atoms with Gasteiger partial charge in [0.25, 0.3) is 5.91 Å². The van der Waals surface area contributed by atoms with Gasteiger partial charge in [0.15, 0.2) is 0 Å². The molecule has 2 aromatic carbocycles. The zero-order chi connectivity index (χ0) is 19.2. The van der Waals surface area contributed by atoms with E-state index in [-0.39, 0.29) is 5.91 Å². The number of amides is 1. The maximum Gasteiger partial charge on any atom is 0.254 e. The van der Waals surface area contributed by atoms with Crippen LogP contribution in [-0.2, 0) is 13.1 Å². The summed E-state index contributed by atoms with van der Waals surface area (Å²) < 4.78 is 3.16. The normalized spacial score (nSPS) is 10.6. The largest absolute Gasteiger partial charge is 0.345 e. The van der Waals surface area contributed by atoms with E-state index in [0.717, 1.165) is 16.7 Å². The molecule has 0 aliphatic carbocycles. The van der Waals surface area contributed by atoms with Gasteiger partial charge >= 0.3 is 0 Å². The molecule has 1 amide bonds. The van der Waals surface area contributed by atoms with Crippen molar-refractivity contribution in [2.75, 3.05) is 6.54 Å². The van der Waals surface area contributed by atoms with E-state index < -0.39 is 0 Å². The quantitative estimate of drug-likeness (QED) is 0.465. The molecule has 3 nitrogen and oxygen atoms in total. The van der Waals surface area contributed by atoms with E-state index in [9.17, 15) is 4.79 Å². The zero-order valence-electron chi connectivity index (χ0n) is 15.4. The van der Waals surface area contributed by atoms with Crippen molar-refractivity contribution in [3.63, 3.8) is 0 Å². The van der Waals surface area contributed by atoms with E-state index in [1.807, 2.05) is 35.2 Å². The SMILES string of the molecule is C=CCN(Cc1cccn1Cc1ccccc1C)C(=O)c1ccc(Br)cc1. The van der Waals surface area contributed by atoms with Crippen molar-refractivity contribution in [2.24, 2.45) is 0 Å². The van der Waals surface area contributed by atoms with Crippen molar-refractivity contribution >= 4 is 21.8 Å². The standard InChI is InChI=1S/C23H23BrN2O/c1-3-14-26(23(27)19-10-12-21(24)13-11-19)17-22-9-6-15-25(22)16-20-8-5-4-7-18(20)2/h3-13,15H,1,14,16-17H2,2H3. The average molecular weight is 423 g/mol. The second-order valence-corrected chi connectivity index (χ2v) is 7.45. The Hall–Kier alpha value is -2.59. The average Bonchev–Trinajstić information content (AvgIpc) is 3.10. The summed E-state index contributed by atoms with van der Waals surface area (Å²) in [6, 6.07) is 20.0. The minimum Gasteiger partial charge on any atom is -0.345 e. The van der Waals surface area contributed by atoms with Gasteiger partial charge in [0.2, 0.25) is 0 Å². The highest BCUT2D eigenvalue weighted by atomic mass is 79.9. The summed E-state index contributed by atoms with van der Waals surface area (Å²) in [5.74, 6) is 0.00559. The molecule has 0 saturated heterocycles. The number of carbonyl (C=O) groups excluding carboxylic acids is 1. The molecule has 0 unspecified atom stereocenters. The predicted molar refractivity (Wildman–Crippen MR) is 114 cm³/mol. The third-order valence-corrected chi connectivity index (χ3v) is 5.13. The van der Waals surface area contributed by atoms with Crippen LogP contribution in [0, 0.1) is 6.92 Å². The van der Waals surface area contributed by atoms with Crippen LogP contribution in [-0.4, -0.2) is 21.9 Å². The van der Waals surface area contributed by atoms with Crippen LogP contribution in [0.4, 0.5) is 0 Å². The fraction of sp³-hybridized carbons (Fsp3) is 0.174. The molecule has 0 aliphatic rings. The first-order chi connectivity index (χ1) is 13.1. The molecule has 4 heteroatoms. The van der Waals surface area contributed by atoms with Gasteiger partial charge in [-0.2, -0.15) is 0 Å². The summed E-state index contributed by atoms with van der Waals surface area (Å²) in [5.41, 5.74) is 4.33. The molecule has 0 radical (unpaired) electrons. The summed E-state index contributed by atoms with van der Waals surface area (Å²) in [6.45, 7) is 7.78. The van der Waals surface area contributed by atoms with Crippen LogP contribution in [0.3, 0.4) is 0 Å². The molecular weight excluding hydrogens is 400 g/mol. The highest BCUT2D eigenvalue weighted by Gasteiger charge is 2.16. The van der Waals surface area contributed by atoms with E-state index in [4.69, 9.17) is 0 Å². The van der Waals surface area contributed by atoms with Gasteiger partial charge in [-0.3, -0.25) is 4.79 Å². The monoisotopic (exact) mass is 422 g/mol. The van der Waals surface area contributed by atoms with E-state index in [1.165, 1.54) is 11.1 Å². The van der Waals surface area contributed by atoms with Crippen LogP contribution in [0.2, 0.25) is 0 Å². The number of benzene rings is 2. The Morgan fingerprint density at radius 3 is 2.56 bits per heavy atom. The van der Waals surface area contributed by atoms with Gasteiger partial charge in [0.05, 0.1) is 6.54 Å². The Bertz CT molecular complexity index is 928. The molecule has 0 aliphatic heterocycles. The van der Waals surface area contributed by atoms with Gasteiger partial charge in [-0.05, 0) is 54.4 Å². The molecule has 1 aromatic heterocycles. The summed E-state index contributed by atoms with van der Waals surface area (Å²) in [7, 11) is 0. The topological polar surface area (TPSA) is 25.2 Å². The van der Waals surface area contributed by atoms with Crippen LogP contribution in [0.15, 0.2) is 84.0 Å². The van der Waals surface area contributed by atoms with E-state index >= 15 is 0 Å². The number of rotatable bonds is 7. The Kier molecular flexibility index (Phi) is 6.30. The third kappa shape index (κ3) is 4.77. The van der Waals surface area contributed by atoms with Crippen molar-refractivity contribution < 1.29 is 4.79 Å². The summed E-state index contributed by atoms with van der Waals surface area (Å²) in [4.78, 5) is 14.8. The Morgan fingerprint density at radius 1 is 1.11 bits per heavy atom. The fourth-order valence-electron chi connectivity index (χ4n) is 3.06. The van der Waals surface area contributed by atoms with Crippen molar-refractivity contribution in [2.45, 2.75) is 20.0 Å². The molecular formula is C23H23BrN2O. The molecule has 0 saturated carbocycles. The van der Waals surface area contributed by atoms with E-state index in [1.54, 1.807) is 6.08 Å². The number of halogens is 1. The molecule has 0 N–H and O–H groups in total. The van der Waals surface area contributed by atoms with Gasteiger partial charge in [-0.1, -0.05) is 46.3 Å². The van der Waals surface area contributed by atoms with Crippen LogP contribution >= 0.6 is 15.9 Å². The minimum absolute atomic E-state index is 0.00559. The first-order valence-corrected chi connectivity index (χ1v) is 9.72. The third-order valence-electron chi connectivity index (χ3n) is 4.61. The smallest absolute Gasteiger partial charge is 0.254 e. The second-order valence-electron chi connectivity index (χ2n) is 6.54. The van der Waals surface area contributed by atoms with Crippen molar-refractivity contribution in [1.29, 1.82) is 0 Å². The van der Waals surface area contributed by atoms with Gasteiger partial charge in [-0.15, -0.1) is 6.58 Å². The first-order valence-electron chi connectivity index (χ1n) is 8.92. The van der Waals surface area contributed by atoms with Crippen LogP contribution in [0.25, 0.3) is 0 Å². The summed E-state index contributed by atoms with van der Waals surface area (Å²) in [6.07, 6.45) is 3.84. The van der Waals surface area contributed by atoms with Gasteiger partial charge in [0.1, 0.15) is 0 Å². The van der Waals surface area contributed by atoms with E-state index in [2.05, 4.69) is 70.5 Å². The molecule has 1 heterocycles. The maximum atomic E-state index is 12.9. The predicted octanol–water partition coefficient (Wildman–Crippen LogP) is 5.44. The van der Waals surface area contributed by atoms with Crippen LogP contribution < -0.4 is 0 Å². The number of hydrogen-bond acceptors (Lipinski definition) is 1. The lowest BCUT2D eigenvalue weighted by molar-refractivity contribution is 0.0759. The molecule has 0 spiro atoms. The van der Waals surface area contributed by atoms with Crippen LogP contribution in [0.5, 0.6) is 0 Å². The Morgan fingerprint density at radius 2 is 1.85 bits per heavy atom. The van der Waals surface area contributed by atoms with Crippen molar-refractivity contribution in [1.82, 2.24) is 9.47 Å².